The van der Waals surface area contributed by atoms with Gasteiger partial charge >= 0.3 is 12.4 Å². The molecule has 0 aliphatic heterocycles. The molecule has 0 radical (unpaired) electrons. The predicted octanol–water partition coefficient (Wildman–Crippen LogP) is 9.18. The quantitative estimate of drug-likeness (QED) is 0.101. The molecule has 0 saturated heterocycles. The zero-order valence-electron chi connectivity index (χ0n) is 22.0. The van der Waals surface area contributed by atoms with Crippen LogP contribution in [0, 0.1) is 5.41 Å². The van der Waals surface area contributed by atoms with Crippen LogP contribution in [-0.2, 0) is 17.3 Å². The second-order valence-electron chi connectivity index (χ2n) is 10.0. The van der Waals surface area contributed by atoms with Crippen molar-refractivity contribution in [2.75, 3.05) is 13.2 Å². The lowest BCUT2D eigenvalue weighted by Crippen LogP contribution is -2.45. The summed E-state index contributed by atoms with van der Waals surface area (Å²) in [6, 6.07) is 10.6. The molecule has 3 rings (SSSR count). The molecule has 0 bridgehead atoms. The number of rotatable bonds is 12. The van der Waals surface area contributed by atoms with E-state index in [2.05, 4.69) is 6.58 Å². The Hall–Kier alpha value is -2.56. The smallest absolute Gasteiger partial charge is 0.417 e. The van der Waals surface area contributed by atoms with Crippen molar-refractivity contribution >= 4 is 21.4 Å². The van der Waals surface area contributed by atoms with Crippen molar-refractivity contribution in [3.05, 3.63) is 65.7 Å². The Balaban J connectivity index is 1.85. The van der Waals surface area contributed by atoms with Gasteiger partial charge in [-0.3, -0.25) is 0 Å². The fourth-order valence-electron chi connectivity index (χ4n) is 3.86. The van der Waals surface area contributed by atoms with Gasteiger partial charge in [0.05, 0.1) is 12.2 Å². The molecule has 0 amide bonds. The monoisotopic (exact) mass is 574 g/mol. The van der Waals surface area contributed by atoms with E-state index in [4.69, 9.17) is 9.47 Å². The number of halogens is 6. The van der Waals surface area contributed by atoms with E-state index in [1.807, 2.05) is 6.92 Å². The van der Waals surface area contributed by atoms with Gasteiger partial charge in [0.15, 0.2) is 6.29 Å². The third-order valence-electron chi connectivity index (χ3n) is 6.44. The minimum Gasteiger partial charge on any atom is -0.493 e. The van der Waals surface area contributed by atoms with Gasteiger partial charge in [-0.25, -0.2) is 0 Å². The van der Waals surface area contributed by atoms with Gasteiger partial charge in [-0.1, -0.05) is 38.5 Å². The summed E-state index contributed by atoms with van der Waals surface area (Å²) in [6.45, 7) is 6.18. The first kappa shape index (κ1) is 31.0. The number of alkyl halides is 6. The number of ether oxygens (including phenoxy) is 2. The largest absolute Gasteiger partial charge is 0.493 e. The summed E-state index contributed by atoms with van der Waals surface area (Å²) < 4.78 is 94.2. The lowest BCUT2D eigenvalue weighted by molar-refractivity contribution is -0.253. The molecule has 39 heavy (non-hydrogen) atoms. The Labute approximate surface area is 228 Å². The summed E-state index contributed by atoms with van der Waals surface area (Å²) in [7, 11) is 0. The maximum atomic E-state index is 13.9. The molecule has 0 aliphatic carbocycles. The van der Waals surface area contributed by atoms with Crippen molar-refractivity contribution in [3.63, 3.8) is 0 Å². The van der Waals surface area contributed by atoms with E-state index in [-0.39, 0.29) is 16.9 Å². The van der Waals surface area contributed by atoms with Crippen molar-refractivity contribution in [1.82, 2.24) is 0 Å². The summed E-state index contributed by atoms with van der Waals surface area (Å²) in [5.74, 6) is 0.133. The van der Waals surface area contributed by atoms with Crippen LogP contribution in [0.3, 0.4) is 0 Å². The molecule has 2 aromatic carbocycles. The highest BCUT2D eigenvalue weighted by Gasteiger charge is 2.52. The number of aliphatic hydroxyl groups is 1. The zero-order valence-corrected chi connectivity index (χ0v) is 22.8. The summed E-state index contributed by atoms with van der Waals surface area (Å²) in [5.41, 5.74) is -2.29. The summed E-state index contributed by atoms with van der Waals surface area (Å²) >= 11 is 1.11. The number of hydrogen-bond acceptors (Lipinski definition) is 4. The number of unbranched alkanes of at least 4 members (excludes halogenated alkanes) is 2. The molecule has 10 heteroatoms. The van der Waals surface area contributed by atoms with Gasteiger partial charge in [-0.05, 0) is 73.5 Å². The van der Waals surface area contributed by atoms with Crippen molar-refractivity contribution in [1.29, 1.82) is 0 Å². The van der Waals surface area contributed by atoms with Gasteiger partial charge in [0.2, 0.25) is 0 Å². The number of thiophene rings is 1. The van der Waals surface area contributed by atoms with Crippen LogP contribution in [0.1, 0.15) is 51.2 Å². The standard InChI is InChI=1S/C29H32F6O3S/c1-5-6-7-8-19-9-12-22(23(13-19)28(30,31)32)25-14-20-10-11-21(15-24(20)39-25)37-16-27(4,29(33,34)35)17-38-26(36)18(2)3/h9-15,26,36H,2,5-8,16-17H2,1,3-4H3. The maximum Gasteiger partial charge on any atom is 0.417 e. The van der Waals surface area contributed by atoms with E-state index in [0.717, 1.165) is 37.5 Å². The lowest BCUT2D eigenvalue weighted by Gasteiger charge is -2.32. The first-order valence-corrected chi connectivity index (χ1v) is 13.3. The summed E-state index contributed by atoms with van der Waals surface area (Å²) in [5, 5.41) is 10.3. The highest BCUT2D eigenvalue weighted by atomic mass is 32.1. The van der Waals surface area contributed by atoms with Gasteiger partial charge < -0.3 is 14.6 Å². The third kappa shape index (κ3) is 7.77. The van der Waals surface area contributed by atoms with Crippen LogP contribution in [0.4, 0.5) is 26.3 Å². The van der Waals surface area contributed by atoms with Gasteiger partial charge in [0.1, 0.15) is 17.8 Å². The lowest BCUT2D eigenvalue weighted by atomic mass is 9.92. The summed E-state index contributed by atoms with van der Waals surface area (Å²) in [4.78, 5) is 0.400. The summed E-state index contributed by atoms with van der Waals surface area (Å²) in [6.07, 6.45) is -7.49. The van der Waals surface area contributed by atoms with Crippen LogP contribution < -0.4 is 4.74 Å². The molecule has 0 saturated carbocycles. The molecule has 2 atom stereocenters. The molecule has 1 aromatic heterocycles. The molecule has 214 valence electrons. The van der Waals surface area contributed by atoms with Crippen LogP contribution in [0.2, 0.25) is 0 Å². The molecule has 0 spiro atoms. The highest BCUT2D eigenvalue weighted by Crippen LogP contribution is 2.43. The fourth-order valence-corrected chi connectivity index (χ4v) is 4.99. The second-order valence-corrected chi connectivity index (χ2v) is 11.1. The Morgan fingerprint density at radius 2 is 1.72 bits per heavy atom. The van der Waals surface area contributed by atoms with Gasteiger partial charge in [0, 0.05) is 15.1 Å². The van der Waals surface area contributed by atoms with Crippen LogP contribution in [0.25, 0.3) is 20.5 Å². The maximum absolute atomic E-state index is 13.9. The van der Waals surface area contributed by atoms with Gasteiger partial charge in [-0.15, -0.1) is 11.3 Å². The SMILES string of the molecule is C=C(C)C(O)OCC(C)(COc1ccc2cc(-c3ccc(CCCCC)cc3C(F)(F)F)sc2c1)C(F)(F)F. The molecular weight excluding hydrogens is 542 g/mol. The number of benzene rings is 2. The van der Waals surface area contributed by atoms with E-state index in [1.165, 1.54) is 31.2 Å². The Morgan fingerprint density at radius 3 is 2.33 bits per heavy atom. The van der Waals surface area contributed by atoms with Crippen LogP contribution in [0.15, 0.2) is 54.6 Å². The van der Waals surface area contributed by atoms with E-state index in [9.17, 15) is 31.4 Å². The molecule has 0 aliphatic rings. The minimum atomic E-state index is -4.70. The van der Waals surface area contributed by atoms with E-state index in [0.29, 0.717) is 26.9 Å². The molecule has 1 N–H and O–H groups in total. The molecular formula is C29H32F6O3S. The topological polar surface area (TPSA) is 38.7 Å². The van der Waals surface area contributed by atoms with E-state index >= 15 is 0 Å². The van der Waals surface area contributed by atoms with Crippen molar-refractivity contribution in [3.8, 4) is 16.2 Å². The van der Waals surface area contributed by atoms with Gasteiger partial charge in [0.25, 0.3) is 0 Å². The van der Waals surface area contributed by atoms with E-state index in [1.54, 1.807) is 18.2 Å². The second kappa shape index (κ2) is 12.3. The first-order valence-electron chi connectivity index (χ1n) is 12.5. The van der Waals surface area contributed by atoms with Gasteiger partial charge in [-0.2, -0.15) is 26.3 Å². The molecule has 1 heterocycles. The van der Waals surface area contributed by atoms with Crippen LogP contribution in [0.5, 0.6) is 5.75 Å². The number of aliphatic hydroxyl groups excluding tert-OH is 1. The number of hydrogen-bond donors (Lipinski definition) is 1. The zero-order chi connectivity index (χ0) is 29.0. The molecule has 3 aromatic rings. The van der Waals surface area contributed by atoms with Crippen LogP contribution >= 0.6 is 11.3 Å². The van der Waals surface area contributed by atoms with Crippen molar-refractivity contribution < 1.29 is 40.9 Å². The average Bonchev–Trinajstić information content (AvgIpc) is 3.28. The van der Waals surface area contributed by atoms with E-state index < -0.39 is 42.8 Å². The third-order valence-corrected chi connectivity index (χ3v) is 7.57. The number of aryl methyl sites for hydroxylation is 1. The Morgan fingerprint density at radius 1 is 1.00 bits per heavy atom. The van der Waals surface area contributed by atoms with Crippen molar-refractivity contribution in [2.45, 2.75) is 65.1 Å². The normalized spacial score (nSPS) is 14.8. The highest BCUT2D eigenvalue weighted by molar-refractivity contribution is 7.22. The Kier molecular flexibility index (Phi) is 9.78. The van der Waals surface area contributed by atoms with Crippen molar-refractivity contribution in [2.24, 2.45) is 5.41 Å². The number of fused-ring (bicyclic) bond motifs is 1. The molecule has 2 unspecified atom stereocenters. The molecule has 0 fully saturated rings. The minimum absolute atomic E-state index is 0.0586. The van der Waals surface area contributed by atoms with Crippen LogP contribution in [-0.4, -0.2) is 30.8 Å². The first-order chi connectivity index (χ1) is 18.1. The fraction of sp³-hybridized carbons (Fsp3) is 0.448. The predicted molar refractivity (Wildman–Crippen MR) is 142 cm³/mol. The molecule has 3 nitrogen and oxygen atoms in total. The average molecular weight is 575 g/mol. The Bertz CT molecular complexity index is 1280.